The second-order valence-corrected chi connectivity index (χ2v) is 19.2. The molecule has 0 rings (SSSR count). The number of carbonyl (C=O) groups is 5. The van der Waals surface area contributed by atoms with E-state index in [4.69, 9.17) is 0 Å². The Morgan fingerprint density at radius 1 is 0.357 bits per heavy atom. The Morgan fingerprint density at radius 3 is 0.810 bits per heavy atom. The van der Waals surface area contributed by atoms with Crippen LogP contribution in [-0.4, -0.2) is 119 Å². The number of hydrogen-bond acceptors (Lipinski definition) is 5. The van der Waals surface area contributed by atoms with Gasteiger partial charge in [0.05, 0.1) is 0 Å². The van der Waals surface area contributed by atoms with Crippen LogP contribution in [0.15, 0.2) is 0 Å². The highest BCUT2D eigenvalue weighted by molar-refractivity contribution is 7.58. The van der Waals surface area contributed by atoms with Crippen molar-refractivity contribution in [3.05, 3.63) is 0 Å². The number of amides is 10. The molecule has 0 aromatic heterocycles. The van der Waals surface area contributed by atoms with E-state index in [1.54, 1.807) is 7.05 Å². The number of nitrogens with one attached hydrogen (secondary N) is 10. The average Bonchev–Trinajstić information content (AvgIpc) is 3.00. The summed E-state index contributed by atoms with van der Waals surface area (Å²) in [6.07, 6.45) is 7.34. The van der Waals surface area contributed by atoms with Crippen molar-refractivity contribution in [3.63, 3.8) is 0 Å². The Balaban J connectivity index is 4.61. The quantitative estimate of drug-likeness (QED) is 0.0883. The lowest BCUT2D eigenvalue weighted by Crippen LogP contribution is -2.41. The molecule has 244 valence electrons. The van der Waals surface area contributed by atoms with Crippen LogP contribution in [0.25, 0.3) is 0 Å². The highest BCUT2D eigenvalue weighted by Gasteiger charge is 2.15. The highest BCUT2D eigenvalue weighted by atomic mass is 31.1. The van der Waals surface area contributed by atoms with Crippen LogP contribution in [0.3, 0.4) is 0 Å². The van der Waals surface area contributed by atoms with Crippen molar-refractivity contribution in [1.29, 1.82) is 0 Å². The molecular formula is C23H52N10O5P4. The smallest absolute Gasteiger partial charge is 0.315 e. The fourth-order valence-electron chi connectivity index (χ4n) is 3.01. The van der Waals surface area contributed by atoms with Crippen molar-refractivity contribution in [2.24, 2.45) is 0 Å². The van der Waals surface area contributed by atoms with Crippen LogP contribution < -0.4 is 53.2 Å². The largest absolute Gasteiger partial charge is 0.341 e. The molecule has 0 aliphatic heterocycles. The third-order valence-corrected chi connectivity index (χ3v) is 14.4. The molecular weight excluding hydrogens is 620 g/mol. The molecule has 10 N–H and O–H groups in total. The van der Waals surface area contributed by atoms with Gasteiger partial charge in [0.1, 0.15) is 0 Å². The zero-order chi connectivity index (χ0) is 31.8. The molecule has 10 amide bonds. The maximum atomic E-state index is 12.5. The van der Waals surface area contributed by atoms with Crippen molar-refractivity contribution < 1.29 is 24.0 Å². The van der Waals surface area contributed by atoms with Gasteiger partial charge in [-0.05, 0) is 32.6 Å². The van der Waals surface area contributed by atoms with Gasteiger partial charge in [-0.25, -0.2) is 24.0 Å². The number of carbonyl (C=O) groups excluding carboxylic acids is 5. The topological polar surface area (TPSA) is 206 Å². The Hall–Kier alpha value is -1.93. The maximum absolute atomic E-state index is 12.5. The first-order valence-corrected chi connectivity index (χ1v) is 21.6. The Bertz CT molecular complexity index is 814. The van der Waals surface area contributed by atoms with Gasteiger partial charge in [0.2, 0.25) is 0 Å². The second kappa shape index (κ2) is 25.6. The van der Waals surface area contributed by atoms with Crippen LogP contribution >= 0.6 is 31.7 Å². The predicted octanol–water partition coefficient (Wildman–Crippen LogP) is 2.41. The van der Waals surface area contributed by atoms with Gasteiger partial charge in [0.25, 0.3) is 0 Å². The van der Waals surface area contributed by atoms with Crippen molar-refractivity contribution in [2.75, 3.05) is 89.0 Å². The van der Waals surface area contributed by atoms with Gasteiger partial charge >= 0.3 is 30.2 Å². The predicted molar refractivity (Wildman–Crippen MR) is 179 cm³/mol. The van der Waals surface area contributed by atoms with E-state index in [1.165, 1.54) is 7.05 Å². The first kappa shape index (κ1) is 40.1. The lowest BCUT2D eigenvalue weighted by molar-refractivity contribution is 0.243. The summed E-state index contributed by atoms with van der Waals surface area (Å²) in [4.78, 5) is 60.1. The number of urea groups is 5. The molecule has 15 nitrogen and oxygen atoms in total. The molecule has 19 heteroatoms. The van der Waals surface area contributed by atoms with E-state index >= 15 is 0 Å². The second-order valence-electron chi connectivity index (χ2n) is 8.77. The zero-order valence-electron chi connectivity index (χ0n) is 25.8. The van der Waals surface area contributed by atoms with Crippen LogP contribution in [0.4, 0.5) is 24.0 Å². The summed E-state index contributed by atoms with van der Waals surface area (Å²) in [6, 6.07) is -1.47. The molecule has 0 aliphatic carbocycles. The van der Waals surface area contributed by atoms with Gasteiger partial charge < -0.3 is 53.2 Å². The van der Waals surface area contributed by atoms with Crippen LogP contribution in [0.2, 0.25) is 0 Å². The molecule has 0 bridgehead atoms. The monoisotopic (exact) mass is 672 g/mol. The molecule has 3 unspecified atom stereocenters. The SMILES string of the molecule is CCP(CC)CNC(=O)NCP(CC)CNC(=O)NCP(CNC(=O)NC)CNC(=O)NCP(CC)CNC(=O)NC. The summed E-state index contributed by atoms with van der Waals surface area (Å²) in [7, 11) is 0.660. The molecule has 0 heterocycles. The lowest BCUT2D eigenvalue weighted by atomic mass is 10.9. The maximum Gasteiger partial charge on any atom is 0.315 e. The van der Waals surface area contributed by atoms with E-state index in [0.29, 0.717) is 37.7 Å². The van der Waals surface area contributed by atoms with Crippen molar-refractivity contribution in [1.82, 2.24) is 53.2 Å². The molecule has 0 spiro atoms. The summed E-state index contributed by atoms with van der Waals surface area (Å²) in [5.74, 6) is 0. The molecule has 0 radical (unpaired) electrons. The normalized spacial score (nSPS) is 12.6. The zero-order valence-corrected chi connectivity index (χ0v) is 29.4. The van der Waals surface area contributed by atoms with Gasteiger partial charge in [-0.2, -0.15) is 0 Å². The van der Waals surface area contributed by atoms with E-state index in [2.05, 4.69) is 67.0 Å². The molecule has 0 saturated heterocycles. The minimum absolute atomic E-state index is 0.165. The molecule has 0 aromatic carbocycles. The Kier molecular flexibility index (Phi) is 24.4. The third kappa shape index (κ3) is 20.9. The van der Waals surface area contributed by atoms with Crippen LogP contribution in [0.5, 0.6) is 0 Å². The van der Waals surface area contributed by atoms with E-state index < -0.39 is 23.8 Å². The molecule has 0 aliphatic rings. The Labute approximate surface area is 255 Å². The summed E-state index contributed by atoms with van der Waals surface area (Å²) in [6.45, 7) is 8.31. The fraction of sp³-hybridized carbons (Fsp3) is 0.783. The van der Waals surface area contributed by atoms with Crippen molar-refractivity contribution in [2.45, 2.75) is 27.7 Å². The van der Waals surface area contributed by atoms with Gasteiger partial charge in [-0.15, -0.1) is 0 Å². The minimum atomic E-state index is -1.00. The number of hydrogen-bond donors (Lipinski definition) is 10. The van der Waals surface area contributed by atoms with Gasteiger partial charge in [0.15, 0.2) is 0 Å². The molecule has 0 aromatic rings. The van der Waals surface area contributed by atoms with Crippen LogP contribution in [0.1, 0.15) is 27.7 Å². The summed E-state index contributed by atoms with van der Waals surface area (Å²) < 4.78 is 0. The highest BCUT2D eigenvalue weighted by Crippen LogP contribution is 2.34. The molecule has 42 heavy (non-hydrogen) atoms. The fourth-order valence-corrected chi connectivity index (χ4v) is 8.29. The summed E-state index contributed by atoms with van der Waals surface area (Å²) in [5, 5.41) is 27.7. The third-order valence-electron chi connectivity index (χ3n) is 5.95. The summed E-state index contributed by atoms with van der Waals surface area (Å²) >= 11 is 0. The first-order chi connectivity index (χ1) is 20.1. The van der Waals surface area contributed by atoms with Crippen LogP contribution in [0, 0.1) is 0 Å². The van der Waals surface area contributed by atoms with E-state index in [1.807, 2.05) is 13.8 Å². The first-order valence-electron chi connectivity index (χ1n) is 14.0. The van der Waals surface area contributed by atoms with Gasteiger partial charge in [-0.1, -0.05) is 51.5 Å². The molecule has 3 atom stereocenters. The van der Waals surface area contributed by atoms with Crippen molar-refractivity contribution in [3.8, 4) is 0 Å². The van der Waals surface area contributed by atoms with E-state index in [-0.39, 0.29) is 50.6 Å². The standard InChI is InChI=1S/C23H52N10O5P4/c1-7-39(8-2)11-28-21(36)29-14-41(10-4)15-31-23(38)33-18-42(16-27-20(35)25-6)17-32-22(37)30-13-40(9-3)12-26-19(34)24-5/h7-18H2,1-6H3,(H2,24,26,34)(H2,25,27,35)(H2,28,29,36)(H2,30,32,37)(H2,31,33,38). The Morgan fingerprint density at radius 2 is 0.571 bits per heavy atom. The molecule has 0 fully saturated rings. The van der Waals surface area contributed by atoms with Crippen molar-refractivity contribution >= 4 is 61.8 Å². The lowest BCUT2D eigenvalue weighted by Gasteiger charge is -2.22. The minimum Gasteiger partial charge on any atom is -0.341 e. The van der Waals surface area contributed by atoms with Crippen LogP contribution in [-0.2, 0) is 0 Å². The van der Waals surface area contributed by atoms with Gasteiger partial charge in [-0.3, -0.25) is 0 Å². The van der Waals surface area contributed by atoms with E-state index in [9.17, 15) is 24.0 Å². The van der Waals surface area contributed by atoms with E-state index in [0.717, 1.165) is 24.6 Å². The summed E-state index contributed by atoms with van der Waals surface area (Å²) in [5.41, 5.74) is 0. The average molecular weight is 673 g/mol. The van der Waals surface area contributed by atoms with Gasteiger partial charge in [0, 0.05) is 64.4 Å². The molecule has 0 saturated carbocycles. The number of rotatable bonds is 20.